The highest BCUT2D eigenvalue weighted by Gasteiger charge is 2.12. The third-order valence-electron chi connectivity index (χ3n) is 2.40. The normalized spacial score (nSPS) is 16.5. The van der Waals surface area contributed by atoms with Crippen molar-refractivity contribution >= 4 is 11.8 Å². The van der Waals surface area contributed by atoms with Crippen LogP contribution < -0.4 is 15.5 Å². The summed E-state index contributed by atoms with van der Waals surface area (Å²) in [5, 5.41) is 6.50. The standard InChI is InChI=1S/C10H17N5/c1-2-12-9-3-4-13-10(14-9)15-7-5-11-6-8-15/h3-4,11H,2,5-8H2,1H3,(H,12,13,14). The van der Waals surface area contributed by atoms with Crippen molar-refractivity contribution < 1.29 is 0 Å². The lowest BCUT2D eigenvalue weighted by Gasteiger charge is -2.27. The van der Waals surface area contributed by atoms with E-state index < -0.39 is 0 Å². The molecule has 2 heterocycles. The minimum atomic E-state index is 0.829. The summed E-state index contributed by atoms with van der Waals surface area (Å²) in [4.78, 5) is 11.0. The topological polar surface area (TPSA) is 53.1 Å². The largest absolute Gasteiger partial charge is 0.370 e. The van der Waals surface area contributed by atoms with Gasteiger partial charge in [0.1, 0.15) is 5.82 Å². The summed E-state index contributed by atoms with van der Waals surface area (Å²) in [6.07, 6.45) is 1.81. The van der Waals surface area contributed by atoms with Crippen LogP contribution in [0.15, 0.2) is 12.3 Å². The number of aromatic nitrogens is 2. The summed E-state index contributed by atoms with van der Waals surface area (Å²) < 4.78 is 0. The van der Waals surface area contributed by atoms with E-state index >= 15 is 0 Å². The molecule has 5 nitrogen and oxygen atoms in total. The second-order valence-corrected chi connectivity index (χ2v) is 3.51. The molecule has 0 unspecified atom stereocenters. The first-order valence-electron chi connectivity index (χ1n) is 5.42. The quantitative estimate of drug-likeness (QED) is 0.747. The zero-order valence-corrected chi connectivity index (χ0v) is 9.03. The molecule has 1 saturated heterocycles. The second-order valence-electron chi connectivity index (χ2n) is 3.51. The van der Waals surface area contributed by atoms with Crippen molar-refractivity contribution in [3.8, 4) is 0 Å². The van der Waals surface area contributed by atoms with Gasteiger partial charge in [0.2, 0.25) is 5.95 Å². The van der Waals surface area contributed by atoms with Crippen molar-refractivity contribution in [3.05, 3.63) is 12.3 Å². The molecule has 1 aliphatic rings. The molecule has 1 fully saturated rings. The number of nitrogens with zero attached hydrogens (tertiary/aromatic N) is 3. The van der Waals surface area contributed by atoms with Gasteiger partial charge in [-0.25, -0.2) is 4.98 Å². The van der Waals surface area contributed by atoms with Crippen molar-refractivity contribution in [1.82, 2.24) is 15.3 Å². The van der Waals surface area contributed by atoms with Crippen LogP contribution in [0.1, 0.15) is 6.92 Å². The molecule has 0 aliphatic carbocycles. The van der Waals surface area contributed by atoms with Gasteiger partial charge in [0, 0.05) is 38.9 Å². The van der Waals surface area contributed by atoms with Gasteiger partial charge in [-0.2, -0.15) is 4.98 Å². The Bertz CT molecular complexity index is 308. The smallest absolute Gasteiger partial charge is 0.227 e. The predicted octanol–water partition coefficient (Wildman–Crippen LogP) is 0.318. The minimum absolute atomic E-state index is 0.829. The average molecular weight is 207 g/mol. The lowest BCUT2D eigenvalue weighted by Crippen LogP contribution is -2.44. The maximum absolute atomic E-state index is 4.46. The summed E-state index contributed by atoms with van der Waals surface area (Å²) in [5.41, 5.74) is 0. The molecule has 82 valence electrons. The van der Waals surface area contributed by atoms with Crippen molar-refractivity contribution in [2.45, 2.75) is 6.92 Å². The molecule has 0 bridgehead atoms. The minimum Gasteiger partial charge on any atom is -0.370 e. The second kappa shape index (κ2) is 4.93. The van der Waals surface area contributed by atoms with Crippen LogP contribution in [-0.4, -0.2) is 42.7 Å². The first kappa shape index (κ1) is 10.2. The Morgan fingerprint density at radius 1 is 1.47 bits per heavy atom. The zero-order valence-electron chi connectivity index (χ0n) is 9.03. The molecule has 0 radical (unpaired) electrons. The predicted molar refractivity (Wildman–Crippen MR) is 61.3 cm³/mol. The first-order chi connectivity index (χ1) is 7.40. The van der Waals surface area contributed by atoms with Crippen LogP contribution in [0.4, 0.5) is 11.8 Å². The number of nitrogens with one attached hydrogen (secondary N) is 2. The highest BCUT2D eigenvalue weighted by molar-refractivity contribution is 5.41. The molecule has 0 atom stereocenters. The highest BCUT2D eigenvalue weighted by Crippen LogP contribution is 2.10. The molecule has 5 heteroatoms. The van der Waals surface area contributed by atoms with Crippen LogP contribution in [0.25, 0.3) is 0 Å². The van der Waals surface area contributed by atoms with Gasteiger partial charge in [-0.3, -0.25) is 0 Å². The molecule has 1 aromatic rings. The SMILES string of the molecule is CCNc1ccnc(N2CCNCC2)n1. The van der Waals surface area contributed by atoms with Crippen LogP contribution in [-0.2, 0) is 0 Å². The van der Waals surface area contributed by atoms with Crippen molar-refractivity contribution in [2.75, 3.05) is 42.9 Å². The van der Waals surface area contributed by atoms with E-state index in [0.717, 1.165) is 44.5 Å². The Morgan fingerprint density at radius 2 is 2.27 bits per heavy atom. The molecule has 1 aromatic heterocycles. The van der Waals surface area contributed by atoms with Crippen LogP contribution in [0, 0.1) is 0 Å². The molecule has 0 amide bonds. The lowest BCUT2D eigenvalue weighted by molar-refractivity contribution is 0.580. The van der Waals surface area contributed by atoms with Crippen LogP contribution in [0.2, 0.25) is 0 Å². The molecule has 2 rings (SSSR count). The van der Waals surface area contributed by atoms with Gasteiger partial charge in [0.25, 0.3) is 0 Å². The molecular formula is C10H17N5. The summed E-state index contributed by atoms with van der Waals surface area (Å²) in [7, 11) is 0. The van der Waals surface area contributed by atoms with E-state index in [-0.39, 0.29) is 0 Å². The molecule has 2 N–H and O–H groups in total. The van der Waals surface area contributed by atoms with Crippen LogP contribution in [0.5, 0.6) is 0 Å². The van der Waals surface area contributed by atoms with Gasteiger partial charge >= 0.3 is 0 Å². The average Bonchev–Trinajstić information content (AvgIpc) is 2.31. The monoisotopic (exact) mass is 207 g/mol. The highest BCUT2D eigenvalue weighted by atomic mass is 15.3. The fourth-order valence-electron chi connectivity index (χ4n) is 1.65. The fraction of sp³-hybridized carbons (Fsp3) is 0.600. The third kappa shape index (κ3) is 2.56. The van der Waals surface area contributed by atoms with Gasteiger partial charge in [0.15, 0.2) is 0 Å². The maximum atomic E-state index is 4.46. The first-order valence-corrected chi connectivity index (χ1v) is 5.42. The zero-order chi connectivity index (χ0) is 10.5. The number of piperazine rings is 1. The van der Waals surface area contributed by atoms with Gasteiger partial charge < -0.3 is 15.5 Å². The van der Waals surface area contributed by atoms with Gasteiger partial charge in [-0.15, -0.1) is 0 Å². The van der Waals surface area contributed by atoms with Gasteiger partial charge in [-0.05, 0) is 13.0 Å². The molecule has 15 heavy (non-hydrogen) atoms. The van der Waals surface area contributed by atoms with Crippen molar-refractivity contribution in [2.24, 2.45) is 0 Å². The van der Waals surface area contributed by atoms with Crippen LogP contribution >= 0.6 is 0 Å². The Kier molecular flexibility index (Phi) is 3.34. The van der Waals surface area contributed by atoms with E-state index in [0.29, 0.717) is 0 Å². The number of rotatable bonds is 3. The Morgan fingerprint density at radius 3 is 3.00 bits per heavy atom. The summed E-state index contributed by atoms with van der Waals surface area (Å²) in [6.45, 7) is 6.93. The van der Waals surface area contributed by atoms with E-state index in [2.05, 4.69) is 32.4 Å². The molecule has 0 saturated carbocycles. The Balaban J connectivity index is 2.09. The molecule has 0 spiro atoms. The summed E-state index contributed by atoms with van der Waals surface area (Å²) >= 11 is 0. The van der Waals surface area contributed by atoms with Gasteiger partial charge in [-0.1, -0.05) is 0 Å². The maximum Gasteiger partial charge on any atom is 0.227 e. The third-order valence-corrected chi connectivity index (χ3v) is 2.40. The Hall–Kier alpha value is -1.36. The fourth-order valence-corrected chi connectivity index (χ4v) is 1.65. The van der Waals surface area contributed by atoms with Crippen LogP contribution in [0.3, 0.4) is 0 Å². The Labute approximate surface area is 89.9 Å². The van der Waals surface area contributed by atoms with E-state index in [1.54, 1.807) is 0 Å². The van der Waals surface area contributed by atoms with E-state index in [9.17, 15) is 0 Å². The van der Waals surface area contributed by atoms with E-state index in [4.69, 9.17) is 0 Å². The van der Waals surface area contributed by atoms with Gasteiger partial charge in [0.05, 0.1) is 0 Å². The van der Waals surface area contributed by atoms with E-state index in [1.165, 1.54) is 0 Å². The lowest BCUT2D eigenvalue weighted by atomic mass is 10.4. The number of hydrogen-bond donors (Lipinski definition) is 2. The molecule has 0 aromatic carbocycles. The number of hydrogen-bond acceptors (Lipinski definition) is 5. The van der Waals surface area contributed by atoms with Crippen molar-refractivity contribution in [1.29, 1.82) is 0 Å². The van der Waals surface area contributed by atoms with Crippen molar-refractivity contribution in [3.63, 3.8) is 0 Å². The molecular weight excluding hydrogens is 190 g/mol. The molecule has 1 aliphatic heterocycles. The summed E-state index contributed by atoms with van der Waals surface area (Å²) in [6, 6.07) is 1.90. The summed E-state index contributed by atoms with van der Waals surface area (Å²) in [5.74, 6) is 1.73. The number of anilines is 2. The van der Waals surface area contributed by atoms with E-state index in [1.807, 2.05) is 12.3 Å².